The Morgan fingerprint density at radius 2 is 0.640 bits per heavy atom. The molecule has 0 aliphatic carbocycles. The molecule has 0 spiro atoms. The second kappa shape index (κ2) is 29.6. The predicted octanol–water partition coefficient (Wildman–Crippen LogP) is 16.8. The minimum Gasteiger partial charge on any atom is -1.00 e. The van der Waals surface area contributed by atoms with Crippen LogP contribution in [0.25, 0.3) is 145 Å². The van der Waals surface area contributed by atoms with E-state index in [0.717, 1.165) is 20.1 Å². The van der Waals surface area contributed by atoms with Crippen LogP contribution in [0.4, 0.5) is 0 Å². The van der Waals surface area contributed by atoms with Crippen LogP contribution in [0.15, 0.2) is 300 Å². The van der Waals surface area contributed by atoms with Crippen molar-refractivity contribution in [3.63, 3.8) is 0 Å². The molecule has 0 N–H and O–H groups in total. The van der Waals surface area contributed by atoms with Crippen molar-refractivity contribution < 1.29 is 128 Å². The van der Waals surface area contributed by atoms with Crippen molar-refractivity contribution in [1.29, 1.82) is 0 Å². The third-order valence-electron chi connectivity index (χ3n) is 19.2. The number of aromatic nitrogens is 3. The molecule has 1 saturated heterocycles. The maximum atomic E-state index is 8.64. The molecule has 1 fully saturated rings. The summed E-state index contributed by atoms with van der Waals surface area (Å²) < 4.78 is 27.2. The Bertz CT molecular complexity index is 5700. The normalized spacial score (nSPS) is 13.1. The number of carbonyl (C=O) groups excluding carboxylic acids is 1. The first kappa shape index (κ1) is 70.4. The molecule has 478 valence electrons. The zero-order chi connectivity index (χ0) is 66.8. The number of nitrogens with zero attached hydrogens (tertiary/aromatic N) is 3. The SMILES string of the molecule is Brc1ccc2sc3ccc(Br)cc3c2c1.CC1(C)OB(c2cccc(-n3c4ccccc4c4ccccc43)c2)OC1(C)C.O=CO[O-].[H-].[K+].[K+].c1cc(-c2ccc3sc4ccc(-c5cccc(-n6c7ccccc7c7ccccc76)c5)cc4c3c2)cc(-n2c3ccccc3c3ccccc32)c1. The molecule has 1 aliphatic rings. The van der Waals surface area contributed by atoms with E-state index in [1.54, 1.807) is 0 Å². The minimum absolute atomic E-state index is 0. The van der Waals surface area contributed by atoms with Gasteiger partial charge >= 0.3 is 110 Å². The van der Waals surface area contributed by atoms with Crippen LogP contribution in [0.2, 0.25) is 0 Å². The average molecular weight is 1520 g/mol. The Hall–Kier alpha value is -6.65. The summed E-state index contributed by atoms with van der Waals surface area (Å²) in [4.78, 5) is 11.2. The molecule has 0 radical (unpaired) electrons. The summed E-state index contributed by atoms with van der Waals surface area (Å²) in [6.45, 7) is 8.17. The van der Waals surface area contributed by atoms with Gasteiger partial charge in [0.15, 0.2) is 0 Å². The van der Waals surface area contributed by atoms with Crippen molar-refractivity contribution in [2.24, 2.45) is 0 Å². The first-order valence-electron chi connectivity index (χ1n) is 32.4. The fourth-order valence-corrected chi connectivity index (χ4v) is 16.8. The summed E-state index contributed by atoms with van der Waals surface area (Å²) in [6.07, 6.45) is 0. The number of hydrogen-bond donors (Lipinski definition) is 0. The first-order valence-corrected chi connectivity index (χ1v) is 35.6. The largest absolute Gasteiger partial charge is 1.00 e. The molecule has 0 unspecified atom stereocenters. The van der Waals surface area contributed by atoms with Gasteiger partial charge in [-0.1, -0.05) is 190 Å². The van der Waals surface area contributed by atoms with Gasteiger partial charge in [0, 0.05) is 98.7 Å². The molecule has 5 aromatic heterocycles. The van der Waals surface area contributed by atoms with E-state index in [-0.39, 0.29) is 129 Å². The van der Waals surface area contributed by atoms with Crippen molar-refractivity contribution in [2.45, 2.75) is 38.9 Å². The van der Waals surface area contributed by atoms with E-state index in [0.29, 0.717) is 0 Å². The van der Waals surface area contributed by atoms with Crippen LogP contribution in [-0.4, -0.2) is 38.5 Å². The topological polar surface area (TPSA) is 82.6 Å². The molecular formula is C85H62BBr2K2N3O5S2. The minimum atomic E-state index is -0.363. The van der Waals surface area contributed by atoms with Gasteiger partial charge in [-0.2, -0.15) is 0 Å². The molecule has 0 saturated carbocycles. The van der Waals surface area contributed by atoms with Crippen molar-refractivity contribution in [3.8, 4) is 39.3 Å². The van der Waals surface area contributed by atoms with Gasteiger partial charge in [0.1, 0.15) is 0 Å². The Labute approximate surface area is 690 Å². The Kier molecular flexibility index (Phi) is 20.8. The third kappa shape index (κ3) is 13.2. The van der Waals surface area contributed by atoms with Gasteiger partial charge in [-0.05, 0) is 189 Å². The summed E-state index contributed by atoms with van der Waals surface area (Å²) in [7, 11) is -0.363. The fourth-order valence-electron chi connectivity index (χ4n) is 13.9. The van der Waals surface area contributed by atoms with Gasteiger partial charge in [0.2, 0.25) is 0 Å². The quantitative estimate of drug-likeness (QED) is 0.0687. The zero-order valence-electron chi connectivity index (χ0n) is 56.8. The molecule has 6 heterocycles. The van der Waals surface area contributed by atoms with E-state index in [1.165, 1.54) is 139 Å². The van der Waals surface area contributed by atoms with Crippen molar-refractivity contribution >= 4 is 179 Å². The summed E-state index contributed by atoms with van der Waals surface area (Å²) in [5.41, 5.74) is 16.0. The van der Waals surface area contributed by atoms with Gasteiger partial charge in [0.05, 0.1) is 44.3 Å². The molecule has 18 aromatic rings. The number of rotatable bonds is 7. The van der Waals surface area contributed by atoms with E-state index < -0.39 is 0 Å². The van der Waals surface area contributed by atoms with E-state index in [9.17, 15) is 0 Å². The molecular weight excluding hydrogens is 1460 g/mol. The van der Waals surface area contributed by atoms with Crippen LogP contribution in [0.1, 0.15) is 29.1 Å². The zero-order valence-corrected chi connectivity index (χ0v) is 66.9. The van der Waals surface area contributed by atoms with Crippen LogP contribution >= 0.6 is 54.5 Å². The second-order valence-electron chi connectivity index (χ2n) is 25.5. The molecule has 0 atom stereocenters. The van der Waals surface area contributed by atoms with Crippen molar-refractivity contribution in [3.05, 3.63) is 300 Å². The van der Waals surface area contributed by atoms with Crippen LogP contribution in [0, 0.1) is 0 Å². The number of fused-ring (bicyclic) bond motifs is 15. The number of halogens is 2. The van der Waals surface area contributed by atoms with E-state index >= 15 is 0 Å². The standard InChI is InChI=1S/C48H30N2S.C24H24BNO2.C12H6Br2S.CH2O3.2K.H/c1-5-19-43-37(15-1)38-16-2-6-20-44(38)49(43)35-13-9-11-31(27-35)33-23-25-47-41(29-33)42-30-34(24-26-48(42)51-47)32-12-10-14-36(28-32)50-45-21-7-3-17-39(45)40-18-4-8-22-46(40)50;1-23(2)24(3,4)28-25(27-23)17-10-9-11-18(16-17)26-21-14-7-5-12-19(21)20-13-6-8-15-22(20)26;13-7-1-3-11-9(5-7)10-6-8(14)2-4-12(10)15-11;2-1-4-3;;;/h1-30H;5-16H,1-4H3;1-6H;1,3H;;;/q;;;;2*+1;-1/p-1. The van der Waals surface area contributed by atoms with Crippen LogP contribution < -0.4 is 113 Å². The summed E-state index contributed by atoms with van der Waals surface area (Å²) >= 11 is 10.7. The molecule has 1 aliphatic heterocycles. The van der Waals surface area contributed by atoms with Crippen molar-refractivity contribution in [1.82, 2.24) is 13.7 Å². The van der Waals surface area contributed by atoms with Crippen LogP contribution in [0.5, 0.6) is 0 Å². The van der Waals surface area contributed by atoms with Gasteiger partial charge in [-0.15, -0.1) is 22.7 Å². The second-order valence-corrected chi connectivity index (χ2v) is 29.5. The molecule has 100 heavy (non-hydrogen) atoms. The number of carbonyl (C=O) groups is 1. The van der Waals surface area contributed by atoms with E-state index in [4.69, 9.17) is 19.4 Å². The number of hydrogen-bond acceptors (Lipinski definition) is 7. The van der Waals surface area contributed by atoms with Gasteiger partial charge in [-0.3, -0.25) is 4.79 Å². The molecule has 19 rings (SSSR count). The van der Waals surface area contributed by atoms with Gasteiger partial charge in [-0.25, -0.2) is 0 Å². The van der Waals surface area contributed by atoms with Gasteiger partial charge in [0.25, 0.3) is 6.47 Å². The number of thiophene rings is 2. The Morgan fingerprint density at radius 1 is 0.360 bits per heavy atom. The predicted molar refractivity (Wildman–Crippen MR) is 418 cm³/mol. The maximum Gasteiger partial charge on any atom is 1.00 e. The van der Waals surface area contributed by atoms with Crippen LogP contribution in [0.3, 0.4) is 0 Å². The molecule has 13 aromatic carbocycles. The third-order valence-corrected chi connectivity index (χ3v) is 22.5. The monoisotopic (exact) mass is 1520 g/mol. The van der Waals surface area contributed by atoms with Crippen molar-refractivity contribution in [2.75, 3.05) is 0 Å². The maximum absolute atomic E-state index is 8.64. The smallest absolute Gasteiger partial charge is 1.00 e. The number of benzene rings is 13. The molecule has 8 nitrogen and oxygen atoms in total. The van der Waals surface area contributed by atoms with E-state index in [1.807, 2.05) is 22.7 Å². The average Bonchev–Trinajstić information content (AvgIpc) is 1.63. The molecule has 0 amide bonds. The summed E-state index contributed by atoms with van der Waals surface area (Å²) in [5.74, 6) is 0. The fraction of sp³-hybridized carbons (Fsp3) is 0.0706. The summed E-state index contributed by atoms with van der Waals surface area (Å²) in [5, 5.41) is 21.3. The molecule has 0 bridgehead atoms. The molecule has 15 heteroatoms. The van der Waals surface area contributed by atoms with Crippen LogP contribution in [-0.2, 0) is 19.0 Å². The number of para-hydroxylation sites is 6. The summed E-state index contributed by atoms with van der Waals surface area (Å²) in [6, 6.07) is 105. The Balaban J connectivity index is 0.000000152. The first-order chi connectivity index (χ1) is 47.8. The Morgan fingerprint density at radius 3 is 0.970 bits per heavy atom. The van der Waals surface area contributed by atoms with E-state index in [2.05, 4.69) is 369 Å². The van der Waals surface area contributed by atoms with Gasteiger partial charge < -0.3 is 34.6 Å².